The van der Waals surface area contributed by atoms with Gasteiger partial charge < -0.3 is 15.2 Å². The van der Waals surface area contributed by atoms with Crippen LogP contribution in [0.15, 0.2) is 77.7 Å². The summed E-state index contributed by atoms with van der Waals surface area (Å²) < 4.78 is 1.80. The lowest BCUT2D eigenvalue weighted by Crippen LogP contribution is -2.44. The fourth-order valence-corrected chi connectivity index (χ4v) is 4.95. The second-order valence-electron chi connectivity index (χ2n) is 8.88. The number of aromatic amines is 1. The van der Waals surface area contributed by atoms with E-state index in [0.717, 1.165) is 39.2 Å². The molecule has 2 N–H and O–H groups in total. The van der Waals surface area contributed by atoms with E-state index in [-0.39, 0.29) is 18.0 Å². The summed E-state index contributed by atoms with van der Waals surface area (Å²) in [5, 5.41) is 11.9. The monoisotopic (exact) mass is 467 g/mol. The van der Waals surface area contributed by atoms with Crippen LogP contribution in [-0.4, -0.2) is 68.8 Å². The van der Waals surface area contributed by atoms with Gasteiger partial charge in [0.15, 0.2) is 0 Å². The van der Waals surface area contributed by atoms with Gasteiger partial charge >= 0.3 is 6.03 Å². The second kappa shape index (κ2) is 8.08. The molecule has 176 valence electrons. The number of carbonyl (C=O) groups is 1. The first-order chi connectivity index (χ1) is 17.0. The lowest BCUT2D eigenvalue weighted by molar-refractivity contribution is 0.248. The maximum absolute atomic E-state index is 13.5. The van der Waals surface area contributed by atoms with E-state index in [1.807, 2.05) is 61.5 Å². The molecule has 0 radical (unpaired) electrons. The van der Waals surface area contributed by atoms with E-state index >= 15 is 0 Å². The molecule has 2 amide bonds. The van der Waals surface area contributed by atoms with Gasteiger partial charge in [-0.3, -0.25) is 9.89 Å². The SMILES string of the molecule is CN=C1C=C(N(C)C)C=CC1C1C(n2nnc3ccccc32)NC(=O)N1c1ccc2[nH]cnc2c1. The molecule has 35 heavy (non-hydrogen) atoms. The van der Waals surface area contributed by atoms with Gasteiger partial charge in [0.2, 0.25) is 0 Å². The highest BCUT2D eigenvalue weighted by molar-refractivity contribution is 6.04. The van der Waals surface area contributed by atoms with E-state index in [9.17, 15) is 4.79 Å². The molecule has 1 fully saturated rings. The molecule has 2 aromatic heterocycles. The van der Waals surface area contributed by atoms with Gasteiger partial charge in [0.25, 0.3) is 0 Å². The van der Waals surface area contributed by atoms with E-state index < -0.39 is 6.17 Å². The summed E-state index contributed by atoms with van der Waals surface area (Å²) >= 11 is 0. The summed E-state index contributed by atoms with van der Waals surface area (Å²) in [6.07, 6.45) is 7.45. The number of imidazole rings is 1. The van der Waals surface area contributed by atoms with Gasteiger partial charge in [-0.1, -0.05) is 23.4 Å². The fourth-order valence-electron chi connectivity index (χ4n) is 4.95. The number of benzene rings is 2. The van der Waals surface area contributed by atoms with E-state index in [1.165, 1.54) is 0 Å². The third kappa shape index (κ3) is 3.37. The number of amides is 2. The molecule has 0 saturated carbocycles. The van der Waals surface area contributed by atoms with Crippen LogP contribution < -0.4 is 10.2 Å². The molecule has 3 atom stereocenters. The maximum atomic E-state index is 13.5. The summed E-state index contributed by atoms with van der Waals surface area (Å²) in [6, 6.07) is 13.0. The molecule has 2 aromatic carbocycles. The molecule has 3 heterocycles. The largest absolute Gasteiger partial charge is 0.378 e. The lowest BCUT2D eigenvalue weighted by atomic mass is 9.87. The summed E-state index contributed by atoms with van der Waals surface area (Å²) in [5.41, 5.74) is 6.02. The highest BCUT2D eigenvalue weighted by atomic mass is 16.2. The van der Waals surface area contributed by atoms with Crippen LogP contribution in [0, 0.1) is 5.92 Å². The molecule has 0 bridgehead atoms. The van der Waals surface area contributed by atoms with Crippen molar-refractivity contribution in [3.05, 3.63) is 72.7 Å². The number of nitrogens with one attached hydrogen (secondary N) is 2. The van der Waals surface area contributed by atoms with Gasteiger partial charge in [-0.15, -0.1) is 5.10 Å². The third-order valence-corrected chi connectivity index (χ3v) is 6.69. The van der Waals surface area contributed by atoms with Gasteiger partial charge in [0, 0.05) is 44.2 Å². The Kier molecular flexibility index (Phi) is 4.87. The van der Waals surface area contributed by atoms with Crippen LogP contribution in [-0.2, 0) is 0 Å². The number of anilines is 1. The predicted molar refractivity (Wildman–Crippen MR) is 135 cm³/mol. The number of carbonyl (C=O) groups excluding carboxylic acids is 1. The molecule has 2 aliphatic rings. The number of para-hydroxylation sites is 1. The minimum absolute atomic E-state index is 0.175. The minimum atomic E-state index is -0.467. The zero-order chi connectivity index (χ0) is 24.1. The number of hydrogen-bond acceptors (Lipinski definition) is 6. The Morgan fingerprint density at radius 1 is 1.11 bits per heavy atom. The summed E-state index contributed by atoms with van der Waals surface area (Å²) in [6.45, 7) is 0. The quantitative estimate of drug-likeness (QED) is 0.480. The van der Waals surface area contributed by atoms with E-state index in [1.54, 1.807) is 23.0 Å². The number of likely N-dealkylation sites (N-methyl/N-ethyl adjacent to an activating group) is 1. The Morgan fingerprint density at radius 3 is 2.80 bits per heavy atom. The summed E-state index contributed by atoms with van der Waals surface area (Å²) in [5.74, 6) is -0.175. The van der Waals surface area contributed by atoms with Gasteiger partial charge in [0.1, 0.15) is 11.7 Å². The number of rotatable bonds is 4. The first-order valence-corrected chi connectivity index (χ1v) is 11.4. The van der Waals surface area contributed by atoms with Crippen molar-refractivity contribution in [1.29, 1.82) is 0 Å². The zero-order valence-corrected chi connectivity index (χ0v) is 19.6. The normalized spacial score (nSPS) is 23.3. The number of fused-ring (bicyclic) bond motifs is 2. The fraction of sp³-hybridized carbons (Fsp3) is 0.240. The second-order valence-corrected chi connectivity index (χ2v) is 8.88. The molecular weight excluding hydrogens is 442 g/mol. The molecule has 3 unspecified atom stereocenters. The molecular formula is C25H25N9O. The topological polar surface area (TPSA) is 107 Å². The van der Waals surface area contributed by atoms with Gasteiger partial charge in [-0.25, -0.2) is 14.5 Å². The van der Waals surface area contributed by atoms with Crippen LogP contribution in [0.4, 0.5) is 10.5 Å². The molecule has 1 aliphatic carbocycles. The molecule has 1 aliphatic heterocycles. The van der Waals surface area contributed by atoms with Crippen LogP contribution in [0.5, 0.6) is 0 Å². The van der Waals surface area contributed by atoms with Gasteiger partial charge in [0.05, 0.1) is 28.9 Å². The first-order valence-electron chi connectivity index (χ1n) is 11.4. The molecule has 10 nitrogen and oxygen atoms in total. The average Bonchev–Trinajstić information content (AvgIpc) is 3.59. The highest BCUT2D eigenvalue weighted by Gasteiger charge is 2.47. The number of allylic oxidation sites excluding steroid dienone is 2. The third-order valence-electron chi connectivity index (χ3n) is 6.69. The first kappa shape index (κ1) is 21.1. The highest BCUT2D eigenvalue weighted by Crippen LogP contribution is 2.37. The number of H-pyrrole nitrogens is 1. The Bertz CT molecular complexity index is 1530. The van der Waals surface area contributed by atoms with Crippen molar-refractivity contribution in [1.82, 2.24) is 35.2 Å². The number of hydrogen-bond donors (Lipinski definition) is 2. The van der Waals surface area contributed by atoms with Gasteiger partial charge in [-0.2, -0.15) is 0 Å². The van der Waals surface area contributed by atoms with Crippen LogP contribution in [0.2, 0.25) is 0 Å². The lowest BCUT2D eigenvalue weighted by Gasteiger charge is -2.34. The van der Waals surface area contributed by atoms with E-state index in [4.69, 9.17) is 0 Å². The Morgan fingerprint density at radius 2 is 1.97 bits per heavy atom. The minimum Gasteiger partial charge on any atom is -0.378 e. The Hall–Kier alpha value is -4.47. The van der Waals surface area contributed by atoms with Crippen LogP contribution in [0.3, 0.4) is 0 Å². The number of aromatic nitrogens is 5. The standard InChI is InChI=1S/C25H25N9O/c1-26-20-12-15(32(2)3)8-10-17(20)23-24(34-22-7-5-4-6-19(22)30-31-34)29-25(35)33(23)16-9-11-18-21(13-16)28-14-27-18/h4-14,17,23-24H,1-3H3,(H,27,28)(H,29,35). The summed E-state index contributed by atoms with van der Waals surface area (Å²) in [7, 11) is 5.79. The molecule has 10 heteroatoms. The average molecular weight is 468 g/mol. The van der Waals surface area contributed by atoms with Crippen molar-refractivity contribution in [3.8, 4) is 0 Å². The molecule has 4 aromatic rings. The van der Waals surface area contributed by atoms with Crippen LogP contribution in [0.25, 0.3) is 22.1 Å². The number of aliphatic imine (C=N–C) groups is 1. The molecule has 0 spiro atoms. The van der Waals surface area contributed by atoms with Crippen molar-refractivity contribution in [3.63, 3.8) is 0 Å². The Balaban J connectivity index is 1.51. The van der Waals surface area contributed by atoms with Crippen molar-refractivity contribution in [2.45, 2.75) is 12.2 Å². The Labute approximate surface area is 201 Å². The number of nitrogens with zero attached hydrogens (tertiary/aromatic N) is 7. The van der Waals surface area contributed by atoms with Gasteiger partial charge in [-0.05, 0) is 42.5 Å². The van der Waals surface area contributed by atoms with E-state index in [0.29, 0.717) is 0 Å². The zero-order valence-electron chi connectivity index (χ0n) is 19.6. The van der Waals surface area contributed by atoms with Crippen molar-refractivity contribution < 1.29 is 4.79 Å². The molecule has 6 rings (SSSR count). The van der Waals surface area contributed by atoms with E-state index in [2.05, 4.69) is 48.8 Å². The summed E-state index contributed by atoms with van der Waals surface area (Å²) in [4.78, 5) is 29.5. The predicted octanol–water partition coefficient (Wildman–Crippen LogP) is 3.11. The smallest absolute Gasteiger partial charge is 0.324 e. The van der Waals surface area contributed by atoms with Crippen molar-refractivity contribution >= 4 is 39.5 Å². The maximum Gasteiger partial charge on any atom is 0.324 e. The van der Waals surface area contributed by atoms with Crippen LogP contribution >= 0.6 is 0 Å². The van der Waals surface area contributed by atoms with Crippen LogP contribution in [0.1, 0.15) is 6.17 Å². The van der Waals surface area contributed by atoms with Crippen molar-refractivity contribution in [2.24, 2.45) is 10.9 Å². The molecule has 1 saturated heterocycles. The van der Waals surface area contributed by atoms with Crippen molar-refractivity contribution in [2.75, 3.05) is 26.0 Å². The number of urea groups is 1.